The van der Waals surface area contributed by atoms with Crippen molar-refractivity contribution >= 4 is 11.9 Å². The van der Waals surface area contributed by atoms with Crippen LogP contribution in [0.25, 0.3) is 0 Å². The minimum Gasteiger partial charge on any atom is -0.478 e. The van der Waals surface area contributed by atoms with Gasteiger partial charge in [0.2, 0.25) is 0 Å². The summed E-state index contributed by atoms with van der Waals surface area (Å²) in [7, 11) is 0. The summed E-state index contributed by atoms with van der Waals surface area (Å²) in [6.07, 6.45) is 2.67. The average molecular weight is 269 g/mol. The number of benzene rings is 1. The van der Waals surface area contributed by atoms with Gasteiger partial charge in [-0.1, -0.05) is 0 Å². The van der Waals surface area contributed by atoms with E-state index in [-0.39, 0.29) is 5.56 Å². The lowest BCUT2D eigenvalue weighted by Gasteiger charge is -2.27. The second-order valence-corrected chi connectivity index (χ2v) is 4.47. The van der Waals surface area contributed by atoms with Crippen molar-refractivity contribution in [3.63, 3.8) is 0 Å². The van der Waals surface area contributed by atoms with Crippen molar-refractivity contribution in [2.24, 2.45) is 0 Å². The van der Waals surface area contributed by atoms with Gasteiger partial charge in [0, 0.05) is 13.1 Å². The molecule has 19 heavy (non-hydrogen) atoms. The van der Waals surface area contributed by atoms with Gasteiger partial charge < -0.3 is 10.0 Å². The number of amides is 1. The lowest BCUT2D eigenvalue weighted by molar-refractivity contribution is 0.0665. The molecule has 0 spiro atoms. The van der Waals surface area contributed by atoms with E-state index in [1.54, 1.807) is 0 Å². The lowest BCUT2D eigenvalue weighted by atomic mass is 10.0. The fourth-order valence-electron chi connectivity index (χ4n) is 2.17. The third-order valence-corrected chi connectivity index (χ3v) is 3.16. The number of nitrogens with zero attached hydrogens (tertiary/aromatic N) is 1. The molecule has 0 unspecified atom stereocenters. The van der Waals surface area contributed by atoms with Gasteiger partial charge in [-0.25, -0.2) is 13.6 Å². The molecule has 0 aliphatic carbocycles. The number of piperidine rings is 1. The predicted molar refractivity (Wildman–Crippen MR) is 63.1 cm³/mol. The van der Waals surface area contributed by atoms with E-state index in [1.165, 1.54) is 4.90 Å². The molecule has 1 aromatic rings. The van der Waals surface area contributed by atoms with E-state index in [0.29, 0.717) is 25.2 Å². The first kappa shape index (κ1) is 13.5. The smallest absolute Gasteiger partial charge is 0.336 e. The van der Waals surface area contributed by atoms with E-state index in [4.69, 9.17) is 5.11 Å². The fourth-order valence-corrected chi connectivity index (χ4v) is 2.17. The van der Waals surface area contributed by atoms with Crippen LogP contribution in [0.15, 0.2) is 12.1 Å². The number of hydrogen-bond acceptors (Lipinski definition) is 2. The van der Waals surface area contributed by atoms with Gasteiger partial charge in [-0.05, 0) is 31.4 Å². The van der Waals surface area contributed by atoms with Gasteiger partial charge >= 0.3 is 5.97 Å². The maximum atomic E-state index is 13.2. The Morgan fingerprint density at radius 1 is 1.00 bits per heavy atom. The third kappa shape index (κ3) is 2.72. The quantitative estimate of drug-likeness (QED) is 0.896. The normalized spacial score (nSPS) is 15.4. The molecule has 1 amide bonds. The molecule has 4 nitrogen and oxygen atoms in total. The topological polar surface area (TPSA) is 57.6 Å². The molecule has 1 aromatic carbocycles. The molecule has 0 aromatic heterocycles. The van der Waals surface area contributed by atoms with Crippen molar-refractivity contribution in [3.8, 4) is 0 Å². The van der Waals surface area contributed by atoms with Crippen LogP contribution in [-0.2, 0) is 0 Å². The summed E-state index contributed by atoms with van der Waals surface area (Å²) in [6, 6.07) is 1.21. The summed E-state index contributed by atoms with van der Waals surface area (Å²) >= 11 is 0. The van der Waals surface area contributed by atoms with Gasteiger partial charge in [-0.15, -0.1) is 0 Å². The van der Waals surface area contributed by atoms with Crippen LogP contribution < -0.4 is 0 Å². The van der Waals surface area contributed by atoms with Gasteiger partial charge in [0.15, 0.2) is 11.6 Å². The number of likely N-dealkylation sites (tertiary alicyclic amines) is 1. The van der Waals surface area contributed by atoms with Crippen molar-refractivity contribution in [1.82, 2.24) is 4.90 Å². The number of carboxylic acids is 1. The van der Waals surface area contributed by atoms with E-state index in [1.807, 2.05) is 0 Å². The number of carbonyl (C=O) groups is 2. The number of carboxylic acid groups (broad SMARTS) is 1. The highest BCUT2D eigenvalue weighted by Gasteiger charge is 2.25. The SMILES string of the molecule is O=C(O)c1cc(F)c(F)cc1C(=O)N1CCCCC1. The maximum Gasteiger partial charge on any atom is 0.336 e. The van der Waals surface area contributed by atoms with E-state index in [0.717, 1.165) is 19.3 Å². The molecule has 0 radical (unpaired) electrons. The Morgan fingerprint density at radius 2 is 1.53 bits per heavy atom. The Balaban J connectivity index is 2.39. The first-order valence-electron chi connectivity index (χ1n) is 6.02. The highest BCUT2D eigenvalue weighted by molar-refractivity contribution is 6.04. The van der Waals surface area contributed by atoms with Crippen LogP contribution >= 0.6 is 0 Å². The highest BCUT2D eigenvalue weighted by Crippen LogP contribution is 2.19. The predicted octanol–water partition coefficient (Wildman–Crippen LogP) is 2.29. The molecule has 6 heteroatoms. The summed E-state index contributed by atoms with van der Waals surface area (Å²) in [6.45, 7) is 1.02. The summed E-state index contributed by atoms with van der Waals surface area (Å²) in [4.78, 5) is 24.6. The number of aromatic carboxylic acids is 1. The zero-order valence-electron chi connectivity index (χ0n) is 10.2. The second kappa shape index (κ2) is 5.34. The van der Waals surface area contributed by atoms with Crippen molar-refractivity contribution in [2.45, 2.75) is 19.3 Å². The minimum atomic E-state index is -1.45. The summed E-state index contributed by atoms with van der Waals surface area (Å²) in [5, 5.41) is 8.97. The fraction of sp³-hybridized carbons (Fsp3) is 0.385. The summed E-state index contributed by atoms with van der Waals surface area (Å²) in [5.41, 5.74) is -0.803. The summed E-state index contributed by atoms with van der Waals surface area (Å²) < 4.78 is 26.3. The van der Waals surface area contributed by atoms with E-state index in [9.17, 15) is 18.4 Å². The minimum absolute atomic E-state index is 0.298. The first-order valence-corrected chi connectivity index (χ1v) is 6.02. The first-order chi connectivity index (χ1) is 9.00. The van der Waals surface area contributed by atoms with Gasteiger partial charge in [-0.2, -0.15) is 0 Å². The van der Waals surface area contributed by atoms with Gasteiger partial charge in [0.1, 0.15) is 0 Å². The number of rotatable bonds is 2. The molecule has 0 atom stereocenters. The Morgan fingerprint density at radius 3 is 2.05 bits per heavy atom. The van der Waals surface area contributed by atoms with Crippen LogP contribution in [0.1, 0.15) is 40.0 Å². The van der Waals surface area contributed by atoms with Crippen LogP contribution in [-0.4, -0.2) is 35.0 Å². The van der Waals surface area contributed by atoms with E-state index >= 15 is 0 Å². The zero-order valence-corrected chi connectivity index (χ0v) is 10.2. The number of hydrogen-bond donors (Lipinski definition) is 1. The maximum absolute atomic E-state index is 13.2. The standard InChI is InChI=1S/C13H13F2NO3/c14-10-6-8(9(13(18)19)7-11(10)15)12(17)16-4-2-1-3-5-16/h6-7H,1-5H2,(H,18,19). The van der Waals surface area contributed by atoms with E-state index in [2.05, 4.69) is 0 Å². The molecule has 1 saturated heterocycles. The highest BCUT2D eigenvalue weighted by atomic mass is 19.2. The number of halogens is 2. The van der Waals surface area contributed by atoms with Gasteiger partial charge in [0.25, 0.3) is 5.91 Å². The van der Waals surface area contributed by atoms with Crippen molar-refractivity contribution in [2.75, 3.05) is 13.1 Å². The molecular weight excluding hydrogens is 256 g/mol. The van der Waals surface area contributed by atoms with Crippen LogP contribution in [0, 0.1) is 11.6 Å². The molecular formula is C13H13F2NO3. The summed E-state index contributed by atoms with van der Waals surface area (Å²) in [5.74, 6) is -4.49. The molecule has 1 N–H and O–H groups in total. The van der Waals surface area contributed by atoms with Crippen LogP contribution in [0.2, 0.25) is 0 Å². The number of carbonyl (C=O) groups excluding carboxylic acids is 1. The molecule has 1 heterocycles. The Bertz CT molecular complexity index is 525. The van der Waals surface area contributed by atoms with E-state index < -0.39 is 29.1 Å². The molecule has 1 aliphatic heterocycles. The molecule has 1 fully saturated rings. The van der Waals surface area contributed by atoms with Crippen LogP contribution in [0.3, 0.4) is 0 Å². The monoisotopic (exact) mass is 269 g/mol. The molecule has 2 rings (SSSR count). The Kier molecular flexibility index (Phi) is 3.78. The van der Waals surface area contributed by atoms with Crippen LogP contribution in [0.4, 0.5) is 8.78 Å². The van der Waals surface area contributed by atoms with Crippen LogP contribution in [0.5, 0.6) is 0 Å². The molecule has 102 valence electrons. The van der Waals surface area contributed by atoms with Crippen molar-refractivity contribution in [3.05, 3.63) is 34.9 Å². The van der Waals surface area contributed by atoms with Crippen molar-refractivity contribution < 1.29 is 23.5 Å². The largest absolute Gasteiger partial charge is 0.478 e. The second-order valence-electron chi connectivity index (χ2n) is 4.47. The molecule has 0 bridgehead atoms. The molecule has 1 aliphatic rings. The Labute approximate surface area is 108 Å². The third-order valence-electron chi connectivity index (χ3n) is 3.16. The van der Waals surface area contributed by atoms with Gasteiger partial charge in [-0.3, -0.25) is 4.79 Å². The zero-order chi connectivity index (χ0) is 14.0. The molecule has 0 saturated carbocycles. The Hall–Kier alpha value is -1.98. The lowest BCUT2D eigenvalue weighted by Crippen LogP contribution is -2.36. The van der Waals surface area contributed by atoms with Gasteiger partial charge in [0.05, 0.1) is 11.1 Å². The average Bonchev–Trinajstić information content (AvgIpc) is 2.41. The van der Waals surface area contributed by atoms with Crippen molar-refractivity contribution in [1.29, 1.82) is 0 Å².